The molecule has 1 N–H and O–H groups in total. The van der Waals surface area contributed by atoms with Gasteiger partial charge in [0.15, 0.2) is 0 Å². The van der Waals surface area contributed by atoms with Crippen LogP contribution in [0.4, 0.5) is 11.4 Å². The van der Waals surface area contributed by atoms with Crippen molar-refractivity contribution in [1.82, 2.24) is 5.32 Å². The number of hydrogen-bond donors (Lipinski definition) is 1. The zero-order chi connectivity index (χ0) is 21.4. The molecule has 0 saturated carbocycles. The van der Waals surface area contributed by atoms with E-state index in [2.05, 4.69) is 30.1 Å². The minimum atomic E-state index is -0.194. The van der Waals surface area contributed by atoms with E-state index in [1.165, 1.54) is 0 Å². The first-order chi connectivity index (χ1) is 13.9. The number of nitrogens with zero attached hydrogens (tertiary/aromatic N) is 2. The Labute approximate surface area is 173 Å². The van der Waals surface area contributed by atoms with Crippen LogP contribution in [0.1, 0.15) is 36.7 Å². The highest BCUT2D eigenvalue weighted by atomic mass is 16.5. The predicted molar refractivity (Wildman–Crippen MR) is 118 cm³/mol. The molecule has 0 bridgehead atoms. The van der Waals surface area contributed by atoms with Gasteiger partial charge in [-0.1, -0.05) is 6.07 Å². The Bertz CT molecular complexity index is 847. The molecule has 0 unspecified atom stereocenters. The van der Waals surface area contributed by atoms with Crippen LogP contribution in [0, 0.1) is 6.92 Å². The van der Waals surface area contributed by atoms with Gasteiger partial charge in [-0.15, -0.1) is 0 Å². The number of benzene rings is 2. The molecule has 2 aromatic rings. The molecule has 0 aliphatic heterocycles. The normalized spacial score (nSPS) is 10.4. The van der Waals surface area contributed by atoms with Gasteiger partial charge < -0.3 is 19.9 Å². The van der Waals surface area contributed by atoms with Crippen molar-refractivity contribution in [2.24, 2.45) is 0 Å². The van der Waals surface area contributed by atoms with Crippen LogP contribution >= 0.6 is 0 Å². The van der Waals surface area contributed by atoms with E-state index in [-0.39, 0.29) is 11.8 Å². The maximum atomic E-state index is 12.4. The largest absolute Gasteiger partial charge is 0.497 e. The van der Waals surface area contributed by atoms with E-state index in [0.717, 1.165) is 30.0 Å². The predicted octanol–water partition coefficient (Wildman–Crippen LogP) is 3.63. The smallest absolute Gasteiger partial charge is 0.251 e. The zero-order valence-electron chi connectivity index (χ0n) is 18.0. The van der Waals surface area contributed by atoms with E-state index in [1.807, 2.05) is 19.1 Å². The summed E-state index contributed by atoms with van der Waals surface area (Å²) in [7, 11) is 1.57. The van der Waals surface area contributed by atoms with Crippen LogP contribution in [-0.4, -0.2) is 45.1 Å². The maximum Gasteiger partial charge on any atom is 0.251 e. The molecule has 0 aromatic heterocycles. The van der Waals surface area contributed by atoms with Crippen molar-refractivity contribution in [3.05, 3.63) is 53.6 Å². The number of carbonyl (C=O) groups is 2. The molecular formula is C23H31N3O3. The minimum Gasteiger partial charge on any atom is -0.497 e. The average Bonchev–Trinajstić information content (AvgIpc) is 2.72. The highest BCUT2D eigenvalue weighted by Crippen LogP contribution is 2.26. The zero-order valence-corrected chi connectivity index (χ0v) is 18.0. The van der Waals surface area contributed by atoms with Crippen molar-refractivity contribution in [1.29, 1.82) is 0 Å². The van der Waals surface area contributed by atoms with Gasteiger partial charge in [0.1, 0.15) is 5.75 Å². The molecule has 156 valence electrons. The topological polar surface area (TPSA) is 61.9 Å². The molecule has 0 spiro atoms. The summed E-state index contributed by atoms with van der Waals surface area (Å²) in [6, 6.07) is 13.1. The van der Waals surface area contributed by atoms with Crippen molar-refractivity contribution >= 4 is 23.2 Å². The van der Waals surface area contributed by atoms with Gasteiger partial charge >= 0.3 is 0 Å². The highest BCUT2D eigenvalue weighted by molar-refractivity contribution is 5.95. The molecule has 0 saturated heterocycles. The summed E-state index contributed by atoms with van der Waals surface area (Å²) >= 11 is 0. The highest BCUT2D eigenvalue weighted by Gasteiger charge is 2.16. The van der Waals surface area contributed by atoms with Crippen molar-refractivity contribution in [3.8, 4) is 5.75 Å². The summed E-state index contributed by atoms with van der Waals surface area (Å²) in [4.78, 5) is 28.6. The van der Waals surface area contributed by atoms with Crippen LogP contribution in [0.5, 0.6) is 5.75 Å². The molecule has 0 atom stereocenters. The van der Waals surface area contributed by atoms with Crippen LogP contribution in [0.2, 0.25) is 0 Å². The molecule has 2 amide bonds. The van der Waals surface area contributed by atoms with Gasteiger partial charge in [0.05, 0.1) is 7.11 Å². The van der Waals surface area contributed by atoms with Crippen molar-refractivity contribution < 1.29 is 14.3 Å². The lowest BCUT2D eigenvalue weighted by molar-refractivity contribution is -0.116. The third kappa shape index (κ3) is 5.73. The van der Waals surface area contributed by atoms with Gasteiger partial charge in [0, 0.05) is 50.0 Å². The summed E-state index contributed by atoms with van der Waals surface area (Å²) in [6.45, 7) is 10.4. The van der Waals surface area contributed by atoms with E-state index in [0.29, 0.717) is 24.4 Å². The molecule has 0 aliphatic rings. The first-order valence-electron chi connectivity index (χ1n) is 9.97. The lowest BCUT2D eigenvalue weighted by atomic mass is 10.1. The molecule has 0 radical (unpaired) electrons. The Morgan fingerprint density at radius 1 is 1.07 bits per heavy atom. The number of methoxy groups -OCH3 is 1. The van der Waals surface area contributed by atoms with Gasteiger partial charge in [-0.2, -0.15) is 0 Å². The molecule has 2 aromatic carbocycles. The standard InChI is InChI=1S/C23H31N3O3/c1-6-25(7-2)20-11-12-22(17(3)15-20)26(18(4)27)14-13-24-23(28)19-9-8-10-21(16-19)29-5/h8-12,15-16H,6-7,13-14H2,1-5H3,(H,24,28). The fourth-order valence-electron chi connectivity index (χ4n) is 3.32. The number of anilines is 2. The number of carbonyl (C=O) groups excluding carboxylic acids is 2. The lowest BCUT2D eigenvalue weighted by Gasteiger charge is -2.26. The second-order valence-corrected chi connectivity index (χ2v) is 6.80. The van der Waals surface area contributed by atoms with E-state index < -0.39 is 0 Å². The lowest BCUT2D eigenvalue weighted by Crippen LogP contribution is -2.38. The number of aryl methyl sites for hydroxylation is 1. The second kappa shape index (κ2) is 10.5. The summed E-state index contributed by atoms with van der Waals surface area (Å²) in [6.07, 6.45) is 0. The summed E-state index contributed by atoms with van der Waals surface area (Å²) in [5.74, 6) is 0.382. The van der Waals surface area contributed by atoms with Crippen LogP contribution in [0.15, 0.2) is 42.5 Å². The Morgan fingerprint density at radius 3 is 2.38 bits per heavy atom. The molecule has 0 fully saturated rings. The third-order valence-electron chi connectivity index (χ3n) is 4.93. The number of rotatable bonds is 9. The quantitative estimate of drug-likeness (QED) is 0.702. The van der Waals surface area contributed by atoms with Gasteiger partial charge in [-0.3, -0.25) is 9.59 Å². The van der Waals surface area contributed by atoms with Crippen LogP contribution in [0.3, 0.4) is 0 Å². The Balaban J connectivity index is 2.07. The van der Waals surface area contributed by atoms with Crippen molar-refractivity contribution in [3.63, 3.8) is 0 Å². The minimum absolute atomic E-state index is 0.0562. The Kier molecular flexibility index (Phi) is 8.07. The molecule has 2 rings (SSSR count). The molecule has 0 heterocycles. The first-order valence-corrected chi connectivity index (χ1v) is 9.97. The first kappa shape index (κ1) is 22.3. The molecular weight excluding hydrogens is 366 g/mol. The summed E-state index contributed by atoms with van der Waals surface area (Å²) < 4.78 is 5.16. The Morgan fingerprint density at radius 2 is 1.79 bits per heavy atom. The van der Waals surface area contributed by atoms with Gasteiger partial charge in [-0.05, 0) is 62.7 Å². The van der Waals surface area contributed by atoms with Crippen LogP contribution < -0.4 is 19.9 Å². The van der Waals surface area contributed by atoms with Crippen molar-refractivity contribution in [2.75, 3.05) is 43.1 Å². The molecule has 6 heteroatoms. The fourth-order valence-corrected chi connectivity index (χ4v) is 3.32. The monoisotopic (exact) mass is 397 g/mol. The Hall–Kier alpha value is -3.02. The third-order valence-corrected chi connectivity index (χ3v) is 4.93. The fraction of sp³-hybridized carbons (Fsp3) is 0.391. The molecule has 0 aliphatic carbocycles. The van der Waals surface area contributed by atoms with E-state index in [9.17, 15) is 9.59 Å². The summed E-state index contributed by atoms with van der Waals surface area (Å²) in [5.41, 5.74) is 3.57. The molecule has 6 nitrogen and oxygen atoms in total. The van der Waals surface area contributed by atoms with Gasteiger partial charge in [-0.25, -0.2) is 0 Å². The van der Waals surface area contributed by atoms with Crippen LogP contribution in [0.25, 0.3) is 0 Å². The van der Waals surface area contributed by atoms with Crippen LogP contribution in [-0.2, 0) is 4.79 Å². The van der Waals surface area contributed by atoms with Gasteiger partial charge in [0.25, 0.3) is 5.91 Å². The van der Waals surface area contributed by atoms with E-state index in [4.69, 9.17) is 4.74 Å². The summed E-state index contributed by atoms with van der Waals surface area (Å²) in [5, 5.41) is 2.88. The second-order valence-electron chi connectivity index (χ2n) is 6.80. The number of nitrogens with one attached hydrogen (secondary N) is 1. The van der Waals surface area contributed by atoms with E-state index >= 15 is 0 Å². The van der Waals surface area contributed by atoms with Crippen molar-refractivity contribution in [2.45, 2.75) is 27.7 Å². The number of ether oxygens (including phenoxy) is 1. The van der Waals surface area contributed by atoms with Gasteiger partial charge in [0.2, 0.25) is 5.91 Å². The van der Waals surface area contributed by atoms with E-state index in [1.54, 1.807) is 43.2 Å². The average molecular weight is 398 g/mol. The number of hydrogen-bond acceptors (Lipinski definition) is 4. The number of amides is 2. The maximum absolute atomic E-state index is 12.4. The SMILES string of the molecule is CCN(CC)c1ccc(N(CCNC(=O)c2cccc(OC)c2)C(C)=O)c(C)c1. The molecule has 29 heavy (non-hydrogen) atoms.